The molecule has 0 amide bonds. The minimum Gasteiger partial charge on any atom is -0.315 e. The molecule has 1 aromatic heterocycles. The SMILES string of the molecule is CC1CCCn2c(CC3CCN(C)C3)nnc21. The van der Waals surface area contributed by atoms with Crippen LogP contribution in [0.25, 0.3) is 0 Å². The van der Waals surface area contributed by atoms with Crippen molar-refractivity contribution in [3.63, 3.8) is 0 Å². The molecule has 1 aromatic rings. The van der Waals surface area contributed by atoms with Crippen molar-refractivity contribution in [1.29, 1.82) is 0 Å². The Balaban J connectivity index is 1.75. The molecule has 0 aromatic carbocycles. The van der Waals surface area contributed by atoms with Crippen LogP contribution in [0.1, 0.15) is 43.8 Å². The number of hydrogen-bond acceptors (Lipinski definition) is 3. The largest absolute Gasteiger partial charge is 0.315 e. The molecule has 4 heteroatoms. The van der Waals surface area contributed by atoms with Crippen molar-refractivity contribution in [2.24, 2.45) is 5.92 Å². The molecule has 0 saturated carbocycles. The zero-order valence-corrected chi connectivity index (χ0v) is 10.9. The molecule has 2 aliphatic rings. The van der Waals surface area contributed by atoms with Crippen molar-refractivity contribution >= 4 is 0 Å². The van der Waals surface area contributed by atoms with Gasteiger partial charge in [0.15, 0.2) is 0 Å². The number of fused-ring (bicyclic) bond motifs is 1. The molecule has 17 heavy (non-hydrogen) atoms. The van der Waals surface area contributed by atoms with Crippen LogP contribution < -0.4 is 0 Å². The van der Waals surface area contributed by atoms with E-state index in [1.165, 1.54) is 44.0 Å². The first-order valence-electron chi connectivity index (χ1n) is 6.84. The molecular formula is C13H22N4. The second kappa shape index (κ2) is 4.41. The fourth-order valence-electron chi connectivity index (χ4n) is 3.24. The number of aromatic nitrogens is 3. The van der Waals surface area contributed by atoms with Crippen LogP contribution in [0.3, 0.4) is 0 Å². The highest BCUT2D eigenvalue weighted by atomic mass is 15.3. The summed E-state index contributed by atoms with van der Waals surface area (Å²) in [5.41, 5.74) is 0. The van der Waals surface area contributed by atoms with E-state index < -0.39 is 0 Å². The monoisotopic (exact) mass is 234 g/mol. The molecule has 2 atom stereocenters. The summed E-state index contributed by atoms with van der Waals surface area (Å²) in [4.78, 5) is 2.42. The van der Waals surface area contributed by atoms with Gasteiger partial charge in [0, 0.05) is 25.4 Å². The van der Waals surface area contributed by atoms with Crippen LogP contribution in [0.2, 0.25) is 0 Å². The lowest BCUT2D eigenvalue weighted by Crippen LogP contribution is -2.19. The maximum Gasteiger partial charge on any atom is 0.135 e. The van der Waals surface area contributed by atoms with Crippen molar-refractivity contribution < 1.29 is 0 Å². The molecule has 0 N–H and O–H groups in total. The van der Waals surface area contributed by atoms with E-state index in [0.717, 1.165) is 18.9 Å². The first-order valence-corrected chi connectivity index (χ1v) is 6.84. The maximum atomic E-state index is 4.43. The van der Waals surface area contributed by atoms with Crippen molar-refractivity contribution in [2.75, 3.05) is 20.1 Å². The molecule has 4 nitrogen and oxygen atoms in total. The number of nitrogens with zero attached hydrogens (tertiary/aromatic N) is 4. The molecule has 94 valence electrons. The normalized spacial score (nSPS) is 29.5. The Morgan fingerprint density at radius 2 is 2.12 bits per heavy atom. The van der Waals surface area contributed by atoms with Gasteiger partial charge in [-0.25, -0.2) is 0 Å². The first kappa shape index (κ1) is 11.2. The van der Waals surface area contributed by atoms with E-state index >= 15 is 0 Å². The van der Waals surface area contributed by atoms with Crippen LogP contribution >= 0.6 is 0 Å². The van der Waals surface area contributed by atoms with E-state index in [4.69, 9.17) is 0 Å². The third kappa shape index (κ3) is 2.10. The third-order valence-electron chi connectivity index (χ3n) is 4.28. The number of hydrogen-bond donors (Lipinski definition) is 0. The molecule has 2 unspecified atom stereocenters. The van der Waals surface area contributed by atoms with Crippen molar-refractivity contribution in [3.05, 3.63) is 11.6 Å². The Hall–Kier alpha value is -0.900. The van der Waals surface area contributed by atoms with Gasteiger partial charge in [0.05, 0.1) is 0 Å². The molecule has 0 radical (unpaired) electrons. The van der Waals surface area contributed by atoms with Gasteiger partial charge in [-0.3, -0.25) is 0 Å². The topological polar surface area (TPSA) is 34.0 Å². The van der Waals surface area contributed by atoms with Crippen LogP contribution in [0.4, 0.5) is 0 Å². The van der Waals surface area contributed by atoms with Crippen LogP contribution in [0.15, 0.2) is 0 Å². The lowest BCUT2D eigenvalue weighted by atomic mass is 10.00. The minimum atomic E-state index is 0.594. The van der Waals surface area contributed by atoms with Crippen LogP contribution in [0, 0.1) is 5.92 Å². The fourth-order valence-corrected chi connectivity index (χ4v) is 3.24. The van der Waals surface area contributed by atoms with Crippen LogP contribution in [-0.4, -0.2) is 39.8 Å². The summed E-state index contributed by atoms with van der Waals surface area (Å²) >= 11 is 0. The van der Waals surface area contributed by atoms with Gasteiger partial charge in [-0.15, -0.1) is 10.2 Å². The Labute approximate surface area is 103 Å². The standard InChI is InChI=1S/C13H22N4/c1-10-4-3-6-17-12(14-15-13(10)17)8-11-5-7-16(2)9-11/h10-11H,3-9H2,1-2H3. The van der Waals surface area contributed by atoms with Crippen LogP contribution in [0.5, 0.6) is 0 Å². The van der Waals surface area contributed by atoms with Gasteiger partial charge in [-0.1, -0.05) is 6.92 Å². The second-order valence-corrected chi connectivity index (χ2v) is 5.79. The second-order valence-electron chi connectivity index (χ2n) is 5.79. The molecule has 0 bridgehead atoms. The zero-order chi connectivity index (χ0) is 11.8. The predicted molar refractivity (Wildman–Crippen MR) is 67.0 cm³/mol. The van der Waals surface area contributed by atoms with Gasteiger partial charge < -0.3 is 9.47 Å². The minimum absolute atomic E-state index is 0.594. The average molecular weight is 234 g/mol. The van der Waals surface area contributed by atoms with Gasteiger partial charge >= 0.3 is 0 Å². The molecule has 3 rings (SSSR count). The highest BCUT2D eigenvalue weighted by molar-refractivity contribution is 5.05. The molecule has 0 spiro atoms. The summed E-state index contributed by atoms with van der Waals surface area (Å²) in [5, 5.41) is 8.83. The summed E-state index contributed by atoms with van der Waals surface area (Å²) in [6.07, 6.45) is 4.98. The van der Waals surface area contributed by atoms with Gasteiger partial charge in [0.25, 0.3) is 0 Å². The molecule has 1 fully saturated rings. The molecule has 0 aliphatic carbocycles. The molecule has 2 aliphatic heterocycles. The van der Waals surface area contributed by atoms with Crippen molar-refractivity contribution in [1.82, 2.24) is 19.7 Å². The first-order chi connectivity index (χ1) is 8.24. The lowest BCUT2D eigenvalue weighted by Gasteiger charge is -2.21. The van der Waals surface area contributed by atoms with E-state index in [-0.39, 0.29) is 0 Å². The summed E-state index contributed by atoms with van der Waals surface area (Å²) in [5.74, 6) is 3.83. The van der Waals surface area contributed by atoms with Crippen LogP contribution in [-0.2, 0) is 13.0 Å². The zero-order valence-electron chi connectivity index (χ0n) is 10.9. The average Bonchev–Trinajstić information content (AvgIpc) is 2.88. The molecule has 3 heterocycles. The van der Waals surface area contributed by atoms with Gasteiger partial charge in [-0.2, -0.15) is 0 Å². The fraction of sp³-hybridized carbons (Fsp3) is 0.846. The van der Waals surface area contributed by atoms with E-state index in [1.807, 2.05) is 0 Å². The summed E-state index contributed by atoms with van der Waals surface area (Å²) < 4.78 is 2.38. The van der Waals surface area contributed by atoms with Gasteiger partial charge in [0.1, 0.15) is 11.6 Å². The summed E-state index contributed by atoms with van der Waals surface area (Å²) in [6.45, 7) is 5.86. The van der Waals surface area contributed by atoms with Gasteiger partial charge in [-0.05, 0) is 38.8 Å². The Bertz CT molecular complexity index is 398. The van der Waals surface area contributed by atoms with Crippen molar-refractivity contribution in [2.45, 2.75) is 45.1 Å². The summed E-state index contributed by atoms with van der Waals surface area (Å²) in [6, 6.07) is 0. The number of likely N-dealkylation sites (tertiary alicyclic amines) is 1. The number of rotatable bonds is 2. The maximum absolute atomic E-state index is 4.43. The highest BCUT2D eigenvalue weighted by Crippen LogP contribution is 2.27. The Morgan fingerprint density at radius 3 is 2.88 bits per heavy atom. The van der Waals surface area contributed by atoms with E-state index in [9.17, 15) is 0 Å². The Kier molecular flexibility index (Phi) is 2.90. The van der Waals surface area contributed by atoms with Gasteiger partial charge in [0.2, 0.25) is 0 Å². The quantitative estimate of drug-likeness (QED) is 0.780. The molecular weight excluding hydrogens is 212 g/mol. The predicted octanol–water partition coefficient (Wildman–Crippen LogP) is 1.67. The van der Waals surface area contributed by atoms with Crippen molar-refractivity contribution in [3.8, 4) is 0 Å². The lowest BCUT2D eigenvalue weighted by molar-refractivity contribution is 0.387. The third-order valence-corrected chi connectivity index (χ3v) is 4.28. The van der Waals surface area contributed by atoms with E-state index in [0.29, 0.717) is 5.92 Å². The Morgan fingerprint density at radius 1 is 1.24 bits per heavy atom. The van der Waals surface area contributed by atoms with E-state index in [1.54, 1.807) is 0 Å². The molecule has 1 saturated heterocycles. The van der Waals surface area contributed by atoms with E-state index in [2.05, 4.69) is 33.6 Å². The smallest absolute Gasteiger partial charge is 0.135 e. The summed E-state index contributed by atoms with van der Waals surface area (Å²) in [7, 11) is 2.21. The highest BCUT2D eigenvalue weighted by Gasteiger charge is 2.25.